The Hall–Kier alpha value is -5.28. The van der Waals surface area contributed by atoms with E-state index in [0.29, 0.717) is 27.4 Å². The summed E-state index contributed by atoms with van der Waals surface area (Å²) >= 11 is 6.05. The van der Waals surface area contributed by atoms with Crippen molar-refractivity contribution in [1.82, 2.24) is 5.43 Å². The maximum atomic E-state index is 12.7. The Morgan fingerprint density at radius 1 is 0.750 bits per heavy atom. The van der Waals surface area contributed by atoms with Crippen LogP contribution >= 0.6 is 11.6 Å². The molecule has 0 atom stereocenters. The third-order valence-corrected chi connectivity index (χ3v) is 5.92. The summed E-state index contributed by atoms with van der Waals surface area (Å²) in [6.07, 6.45) is 1.19. The first-order chi connectivity index (χ1) is 19.3. The van der Waals surface area contributed by atoms with Crippen LogP contribution < -0.4 is 20.2 Å². The van der Waals surface area contributed by atoms with E-state index in [1.54, 1.807) is 85.8 Å². The minimum absolute atomic E-state index is 0.00391. The SMILES string of the molecule is Cc1c(Cl)cccc1NC(=O)C(=O)NN=Cc1ccc(OC(=O)c2ccccc2)cc1OC(=O)c1ccccc1. The van der Waals surface area contributed by atoms with Gasteiger partial charge in [0.2, 0.25) is 0 Å². The highest BCUT2D eigenvalue weighted by Gasteiger charge is 2.17. The Morgan fingerprint density at radius 2 is 1.38 bits per heavy atom. The molecular weight excluding hydrogens is 534 g/mol. The second-order valence-electron chi connectivity index (χ2n) is 8.28. The van der Waals surface area contributed by atoms with Crippen LogP contribution in [0, 0.1) is 6.92 Å². The van der Waals surface area contributed by atoms with Crippen molar-refractivity contribution in [2.45, 2.75) is 6.92 Å². The first-order valence-electron chi connectivity index (χ1n) is 11.9. The number of nitrogens with one attached hydrogen (secondary N) is 2. The highest BCUT2D eigenvalue weighted by atomic mass is 35.5. The molecule has 9 nitrogen and oxygen atoms in total. The van der Waals surface area contributed by atoms with E-state index in [0.717, 1.165) is 0 Å². The van der Waals surface area contributed by atoms with Crippen LogP contribution in [-0.2, 0) is 9.59 Å². The smallest absolute Gasteiger partial charge is 0.343 e. The first-order valence-corrected chi connectivity index (χ1v) is 12.3. The number of halogens is 1. The van der Waals surface area contributed by atoms with E-state index >= 15 is 0 Å². The van der Waals surface area contributed by atoms with Crippen LogP contribution in [0.4, 0.5) is 5.69 Å². The van der Waals surface area contributed by atoms with Crippen molar-refractivity contribution >= 4 is 47.3 Å². The summed E-state index contributed by atoms with van der Waals surface area (Å²) < 4.78 is 11.0. The maximum Gasteiger partial charge on any atom is 0.343 e. The third-order valence-electron chi connectivity index (χ3n) is 5.51. The van der Waals surface area contributed by atoms with E-state index in [1.165, 1.54) is 24.4 Å². The number of carbonyl (C=O) groups is 4. The van der Waals surface area contributed by atoms with Crippen LogP contribution in [-0.4, -0.2) is 30.0 Å². The van der Waals surface area contributed by atoms with Gasteiger partial charge in [-0.1, -0.05) is 54.1 Å². The topological polar surface area (TPSA) is 123 Å². The maximum absolute atomic E-state index is 12.7. The van der Waals surface area contributed by atoms with Crippen LogP contribution in [0.15, 0.2) is 102 Å². The molecule has 0 radical (unpaired) electrons. The zero-order valence-corrected chi connectivity index (χ0v) is 21.8. The Balaban J connectivity index is 1.50. The molecule has 0 saturated heterocycles. The zero-order valence-electron chi connectivity index (χ0n) is 21.1. The molecular formula is C30H22ClN3O6. The van der Waals surface area contributed by atoms with Crippen LogP contribution in [0.1, 0.15) is 31.8 Å². The van der Waals surface area contributed by atoms with E-state index < -0.39 is 23.8 Å². The Labute approximate surface area is 234 Å². The van der Waals surface area contributed by atoms with Crippen molar-refractivity contribution < 1.29 is 28.7 Å². The van der Waals surface area contributed by atoms with Crippen LogP contribution in [0.3, 0.4) is 0 Å². The largest absolute Gasteiger partial charge is 0.423 e. The summed E-state index contributed by atoms with van der Waals surface area (Å²) in [4.78, 5) is 49.8. The van der Waals surface area contributed by atoms with Gasteiger partial charge in [0.1, 0.15) is 11.5 Å². The Kier molecular flexibility index (Phi) is 9.01. The summed E-state index contributed by atoms with van der Waals surface area (Å²) in [6, 6.07) is 25.9. The zero-order chi connectivity index (χ0) is 28.5. The van der Waals surface area contributed by atoms with Gasteiger partial charge in [0.05, 0.1) is 17.3 Å². The molecule has 10 heteroatoms. The second-order valence-corrected chi connectivity index (χ2v) is 8.68. The first kappa shape index (κ1) is 27.7. The monoisotopic (exact) mass is 555 g/mol. The van der Waals surface area contributed by atoms with Gasteiger partial charge in [0, 0.05) is 22.3 Å². The summed E-state index contributed by atoms with van der Waals surface area (Å²) in [5, 5.41) is 6.72. The summed E-state index contributed by atoms with van der Waals surface area (Å²) in [7, 11) is 0. The molecule has 2 amide bonds. The highest BCUT2D eigenvalue weighted by molar-refractivity contribution is 6.40. The van der Waals surface area contributed by atoms with Gasteiger partial charge in [-0.15, -0.1) is 0 Å². The van der Waals surface area contributed by atoms with E-state index in [4.69, 9.17) is 21.1 Å². The summed E-state index contributed by atoms with van der Waals surface area (Å²) in [5.74, 6) is -3.14. The standard InChI is InChI=1S/C30H22ClN3O6/c1-19-24(31)13-8-14-25(19)33-27(35)28(36)34-32-18-22-15-16-23(39-29(37)20-9-4-2-5-10-20)17-26(22)40-30(38)21-11-6-3-7-12-21/h2-18H,1H3,(H,33,35)(H,34,36). The number of amides is 2. The minimum Gasteiger partial charge on any atom is -0.423 e. The van der Waals surface area contributed by atoms with E-state index in [9.17, 15) is 19.2 Å². The number of hydrazone groups is 1. The highest BCUT2D eigenvalue weighted by Crippen LogP contribution is 2.26. The van der Waals surface area contributed by atoms with Gasteiger partial charge >= 0.3 is 23.8 Å². The van der Waals surface area contributed by atoms with Crippen molar-refractivity contribution in [1.29, 1.82) is 0 Å². The van der Waals surface area contributed by atoms with Crippen molar-refractivity contribution in [3.05, 3.63) is 124 Å². The summed E-state index contributed by atoms with van der Waals surface area (Å²) in [6.45, 7) is 1.70. The number of benzene rings is 4. The molecule has 0 spiro atoms. The van der Waals surface area contributed by atoms with Crippen molar-refractivity contribution in [2.24, 2.45) is 5.10 Å². The lowest BCUT2D eigenvalue weighted by Crippen LogP contribution is -2.32. The molecule has 200 valence electrons. The molecule has 4 rings (SSSR count). The quantitative estimate of drug-likeness (QED) is 0.107. The number of hydrogen-bond donors (Lipinski definition) is 2. The van der Waals surface area contributed by atoms with E-state index in [-0.39, 0.29) is 17.1 Å². The predicted molar refractivity (Wildman–Crippen MR) is 150 cm³/mol. The second kappa shape index (κ2) is 13.0. The van der Waals surface area contributed by atoms with Crippen LogP contribution in [0.2, 0.25) is 5.02 Å². The number of anilines is 1. The van der Waals surface area contributed by atoms with Gasteiger partial charge in [-0.05, 0) is 61.0 Å². The van der Waals surface area contributed by atoms with E-state index in [2.05, 4.69) is 15.8 Å². The summed E-state index contributed by atoms with van der Waals surface area (Å²) in [5.41, 5.74) is 4.00. The van der Waals surface area contributed by atoms with Gasteiger partial charge in [-0.2, -0.15) is 5.10 Å². The lowest BCUT2D eigenvalue weighted by atomic mass is 10.2. The molecule has 0 aliphatic heterocycles. The number of nitrogens with zero attached hydrogens (tertiary/aromatic N) is 1. The molecule has 4 aromatic rings. The predicted octanol–water partition coefficient (Wildman–Crippen LogP) is 5.18. The Morgan fingerprint density at radius 3 is 2.02 bits per heavy atom. The molecule has 0 heterocycles. The molecule has 0 aliphatic rings. The van der Waals surface area contributed by atoms with Crippen molar-refractivity contribution in [3.63, 3.8) is 0 Å². The van der Waals surface area contributed by atoms with Gasteiger partial charge < -0.3 is 14.8 Å². The molecule has 2 N–H and O–H groups in total. The lowest BCUT2D eigenvalue weighted by molar-refractivity contribution is -0.136. The molecule has 0 unspecified atom stereocenters. The number of esters is 2. The molecule has 0 saturated carbocycles. The van der Waals surface area contributed by atoms with E-state index in [1.807, 2.05) is 0 Å². The lowest BCUT2D eigenvalue weighted by Gasteiger charge is -2.11. The molecule has 0 fully saturated rings. The third kappa shape index (κ3) is 7.18. The minimum atomic E-state index is -1.04. The molecule has 40 heavy (non-hydrogen) atoms. The van der Waals surface area contributed by atoms with Gasteiger partial charge in [-0.25, -0.2) is 15.0 Å². The number of carbonyl (C=O) groups excluding carboxylic acids is 4. The van der Waals surface area contributed by atoms with Gasteiger partial charge in [0.25, 0.3) is 0 Å². The number of ether oxygens (including phenoxy) is 2. The molecule has 0 bridgehead atoms. The average Bonchev–Trinajstić information content (AvgIpc) is 2.97. The van der Waals surface area contributed by atoms with Gasteiger partial charge in [-0.3, -0.25) is 9.59 Å². The fourth-order valence-corrected chi connectivity index (χ4v) is 3.55. The fourth-order valence-electron chi connectivity index (χ4n) is 3.38. The molecule has 0 aromatic heterocycles. The van der Waals surface area contributed by atoms with Gasteiger partial charge in [0.15, 0.2) is 0 Å². The van der Waals surface area contributed by atoms with Crippen molar-refractivity contribution in [2.75, 3.05) is 5.32 Å². The Bertz CT molecular complexity index is 1590. The van der Waals surface area contributed by atoms with Crippen LogP contribution in [0.5, 0.6) is 11.5 Å². The van der Waals surface area contributed by atoms with Crippen molar-refractivity contribution in [3.8, 4) is 11.5 Å². The molecule has 0 aliphatic carbocycles. The van der Waals surface area contributed by atoms with Crippen LogP contribution in [0.25, 0.3) is 0 Å². The normalized spacial score (nSPS) is 10.6. The molecule has 4 aromatic carbocycles. The fraction of sp³-hybridized carbons (Fsp3) is 0.0333. The number of hydrogen-bond acceptors (Lipinski definition) is 7. The number of rotatable bonds is 7. The average molecular weight is 556 g/mol.